The van der Waals surface area contributed by atoms with Gasteiger partial charge in [0.25, 0.3) is 0 Å². The van der Waals surface area contributed by atoms with Crippen LogP contribution in [0.2, 0.25) is 0 Å². The average Bonchev–Trinajstić information content (AvgIpc) is 2.25. The van der Waals surface area contributed by atoms with Crippen molar-refractivity contribution in [1.82, 2.24) is 0 Å². The van der Waals surface area contributed by atoms with E-state index in [0.717, 1.165) is 11.3 Å². The topological polar surface area (TPSA) is 21.6 Å². The number of ether oxygens (including phenoxy) is 1. The number of aliphatic imine (C=N–C) groups is 1. The average molecular weight is 187 g/mol. The fourth-order valence-corrected chi connectivity index (χ4v) is 0.966. The number of benzene rings is 1. The molecule has 1 aromatic rings. The smallest absolute Gasteiger partial charge is 0.118 e. The third kappa shape index (κ3) is 3.32. The molecule has 1 rings (SSSR count). The Morgan fingerprint density at radius 1 is 1.36 bits per heavy atom. The standard InChI is InChI=1S/C12H13NO/c1-3-4-9-13-10-11-5-7-12(14-2)8-6-11/h5-8,10H,9H2,1-2H3/b13-10+. The summed E-state index contributed by atoms with van der Waals surface area (Å²) >= 11 is 0. The molecule has 0 spiro atoms. The molecular weight excluding hydrogens is 174 g/mol. The summed E-state index contributed by atoms with van der Waals surface area (Å²) in [5.74, 6) is 6.51. The Morgan fingerprint density at radius 3 is 2.64 bits per heavy atom. The van der Waals surface area contributed by atoms with Gasteiger partial charge in [0.15, 0.2) is 0 Å². The van der Waals surface area contributed by atoms with E-state index in [1.807, 2.05) is 37.4 Å². The van der Waals surface area contributed by atoms with E-state index < -0.39 is 0 Å². The maximum Gasteiger partial charge on any atom is 0.118 e. The van der Waals surface area contributed by atoms with Gasteiger partial charge >= 0.3 is 0 Å². The van der Waals surface area contributed by atoms with Crippen molar-refractivity contribution in [2.75, 3.05) is 13.7 Å². The van der Waals surface area contributed by atoms with Gasteiger partial charge in [0.05, 0.1) is 13.7 Å². The van der Waals surface area contributed by atoms with Crippen LogP contribution in [0.4, 0.5) is 0 Å². The van der Waals surface area contributed by atoms with E-state index in [1.54, 1.807) is 7.11 Å². The molecule has 72 valence electrons. The van der Waals surface area contributed by atoms with E-state index >= 15 is 0 Å². The Kier molecular flexibility index (Phi) is 4.30. The predicted molar refractivity (Wildman–Crippen MR) is 58.9 cm³/mol. The van der Waals surface area contributed by atoms with Gasteiger partial charge in [-0.25, -0.2) is 0 Å². The monoisotopic (exact) mass is 187 g/mol. The fraction of sp³-hybridized carbons (Fsp3) is 0.250. The second-order valence-corrected chi connectivity index (χ2v) is 2.67. The summed E-state index contributed by atoms with van der Waals surface area (Å²) in [6, 6.07) is 7.74. The van der Waals surface area contributed by atoms with Crippen molar-refractivity contribution >= 4 is 6.21 Å². The minimum absolute atomic E-state index is 0.558. The zero-order valence-electron chi connectivity index (χ0n) is 8.45. The Labute approximate surface area is 84.6 Å². The summed E-state index contributed by atoms with van der Waals surface area (Å²) in [6.07, 6.45) is 1.81. The minimum atomic E-state index is 0.558. The zero-order valence-corrected chi connectivity index (χ0v) is 8.45. The third-order valence-corrected chi connectivity index (χ3v) is 1.70. The molecule has 1 aromatic carbocycles. The first-order chi connectivity index (χ1) is 6.86. The lowest BCUT2D eigenvalue weighted by molar-refractivity contribution is 0.415. The first kappa shape index (κ1) is 10.3. The maximum absolute atomic E-state index is 5.05. The second-order valence-electron chi connectivity index (χ2n) is 2.67. The highest BCUT2D eigenvalue weighted by molar-refractivity contribution is 5.79. The zero-order chi connectivity index (χ0) is 10.2. The molecule has 0 heterocycles. The molecule has 0 saturated carbocycles. The molecule has 0 aliphatic heterocycles. The maximum atomic E-state index is 5.05. The van der Waals surface area contributed by atoms with Crippen LogP contribution >= 0.6 is 0 Å². The number of nitrogens with zero attached hydrogens (tertiary/aromatic N) is 1. The van der Waals surface area contributed by atoms with Crippen LogP contribution in [0.5, 0.6) is 5.75 Å². The van der Waals surface area contributed by atoms with E-state index in [-0.39, 0.29) is 0 Å². The lowest BCUT2D eigenvalue weighted by atomic mass is 10.2. The van der Waals surface area contributed by atoms with Gasteiger partial charge in [-0.1, -0.05) is 5.92 Å². The van der Waals surface area contributed by atoms with Crippen LogP contribution in [0, 0.1) is 11.8 Å². The highest BCUT2D eigenvalue weighted by atomic mass is 16.5. The molecule has 0 aliphatic rings. The van der Waals surface area contributed by atoms with Gasteiger partial charge in [0.1, 0.15) is 5.75 Å². The van der Waals surface area contributed by atoms with Crippen LogP contribution in [-0.2, 0) is 0 Å². The number of hydrogen-bond donors (Lipinski definition) is 0. The van der Waals surface area contributed by atoms with Gasteiger partial charge in [0.2, 0.25) is 0 Å². The fourth-order valence-electron chi connectivity index (χ4n) is 0.966. The van der Waals surface area contributed by atoms with E-state index in [4.69, 9.17) is 4.74 Å². The van der Waals surface area contributed by atoms with E-state index in [2.05, 4.69) is 16.8 Å². The predicted octanol–water partition coefficient (Wildman–Crippen LogP) is 2.14. The van der Waals surface area contributed by atoms with Crippen molar-refractivity contribution in [3.63, 3.8) is 0 Å². The van der Waals surface area contributed by atoms with Crippen molar-refractivity contribution in [2.45, 2.75) is 6.92 Å². The largest absolute Gasteiger partial charge is 0.497 e. The lowest BCUT2D eigenvalue weighted by Crippen LogP contribution is -1.85. The summed E-state index contributed by atoms with van der Waals surface area (Å²) in [4.78, 5) is 4.15. The molecule has 0 N–H and O–H groups in total. The SMILES string of the molecule is CC#CC/N=C/c1ccc(OC)cc1. The molecule has 0 radical (unpaired) electrons. The molecule has 0 amide bonds. The number of hydrogen-bond acceptors (Lipinski definition) is 2. The van der Waals surface area contributed by atoms with Gasteiger partial charge in [-0.15, -0.1) is 5.92 Å². The van der Waals surface area contributed by atoms with Crippen LogP contribution < -0.4 is 4.74 Å². The Bertz CT molecular complexity index is 354. The van der Waals surface area contributed by atoms with Gasteiger partial charge < -0.3 is 4.74 Å². The third-order valence-electron chi connectivity index (χ3n) is 1.70. The Hall–Kier alpha value is -1.75. The van der Waals surface area contributed by atoms with E-state index in [0.29, 0.717) is 6.54 Å². The van der Waals surface area contributed by atoms with Crippen molar-refractivity contribution in [2.24, 2.45) is 4.99 Å². The van der Waals surface area contributed by atoms with E-state index in [9.17, 15) is 0 Å². The van der Waals surface area contributed by atoms with Gasteiger partial charge in [-0.2, -0.15) is 0 Å². The van der Waals surface area contributed by atoms with Crippen LogP contribution in [0.1, 0.15) is 12.5 Å². The molecule has 0 fully saturated rings. The Balaban J connectivity index is 2.58. The Morgan fingerprint density at radius 2 is 2.07 bits per heavy atom. The molecule has 0 atom stereocenters. The van der Waals surface area contributed by atoms with E-state index in [1.165, 1.54) is 0 Å². The second kappa shape index (κ2) is 5.82. The molecule has 0 aromatic heterocycles. The van der Waals surface area contributed by atoms with Gasteiger partial charge in [-0.05, 0) is 36.8 Å². The molecule has 2 heteroatoms. The molecule has 14 heavy (non-hydrogen) atoms. The van der Waals surface area contributed by atoms with Crippen molar-refractivity contribution in [1.29, 1.82) is 0 Å². The summed E-state index contributed by atoms with van der Waals surface area (Å²) in [5.41, 5.74) is 1.06. The van der Waals surface area contributed by atoms with Crippen molar-refractivity contribution < 1.29 is 4.74 Å². The van der Waals surface area contributed by atoms with Crippen LogP contribution in [0.15, 0.2) is 29.3 Å². The summed E-state index contributed by atoms with van der Waals surface area (Å²) in [7, 11) is 1.65. The molecule has 0 unspecified atom stereocenters. The molecule has 0 bridgehead atoms. The highest BCUT2D eigenvalue weighted by Crippen LogP contribution is 2.09. The first-order valence-electron chi connectivity index (χ1n) is 4.40. The summed E-state index contributed by atoms with van der Waals surface area (Å²) in [5, 5.41) is 0. The van der Waals surface area contributed by atoms with Gasteiger partial charge in [0, 0.05) is 6.21 Å². The number of rotatable bonds is 3. The highest BCUT2D eigenvalue weighted by Gasteiger charge is 1.89. The quantitative estimate of drug-likeness (QED) is 0.524. The normalized spacial score (nSPS) is 9.57. The summed E-state index contributed by atoms with van der Waals surface area (Å²) < 4.78 is 5.05. The van der Waals surface area contributed by atoms with Gasteiger partial charge in [-0.3, -0.25) is 4.99 Å². The van der Waals surface area contributed by atoms with Crippen molar-refractivity contribution in [3.8, 4) is 17.6 Å². The lowest BCUT2D eigenvalue weighted by Gasteiger charge is -1.98. The molecule has 0 saturated heterocycles. The number of methoxy groups -OCH3 is 1. The molecule has 0 aliphatic carbocycles. The van der Waals surface area contributed by atoms with Crippen molar-refractivity contribution in [3.05, 3.63) is 29.8 Å². The molecular formula is C12H13NO. The minimum Gasteiger partial charge on any atom is -0.497 e. The molecule has 2 nitrogen and oxygen atoms in total. The van der Waals surface area contributed by atoms with Crippen LogP contribution in [0.25, 0.3) is 0 Å². The van der Waals surface area contributed by atoms with Crippen LogP contribution in [-0.4, -0.2) is 19.9 Å². The van der Waals surface area contributed by atoms with Crippen LogP contribution in [0.3, 0.4) is 0 Å². The summed E-state index contributed by atoms with van der Waals surface area (Å²) in [6.45, 7) is 2.37. The first-order valence-corrected chi connectivity index (χ1v) is 4.40.